The average molecular weight is 702 g/mol. The van der Waals surface area contributed by atoms with E-state index in [9.17, 15) is 0 Å². The molecule has 256 valence electrons. The van der Waals surface area contributed by atoms with Gasteiger partial charge in [0.2, 0.25) is 0 Å². The minimum absolute atomic E-state index is 0.598. The largest absolute Gasteiger partial charge is 0.455 e. The molecule has 0 aliphatic heterocycles. The zero-order chi connectivity index (χ0) is 36.3. The van der Waals surface area contributed by atoms with Crippen LogP contribution in [0.5, 0.6) is 0 Å². The number of nitrogens with zero attached hydrogens (tertiary/aromatic N) is 3. The second-order valence-corrected chi connectivity index (χ2v) is 14.0. The standard InChI is InChI=1S/C51H31N3O/c1-3-11-32(12-4-1)33-19-21-34(22-20-33)35-23-26-39(27-24-35)50-52-49(38-15-5-2-6-16-38)53-51(54-50)44-31-40-28-25-36-13-7-9-17-41(36)45(40)48-46(44)43-30-29-37-14-8-10-18-42(37)47(43)55-48/h1-31H. The van der Waals surface area contributed by atoms with Crippen LogP contribution in [0.4, 0.5) is 0 Å². The lowest BCUT2D eigenvalue weighted by Gasteiger charge is -2.12. The van der Waals surface area contributed by atoms with E-state index in [1.54, 1.807) is 0 Å². The van der Waals surface area contributed by atoms with E-state index < -0.39 is 0 Å². The van der Waals surface area contributed by atoms with E-state index in [1.165, 1.54) is 16.5 Å². The van der Waals surface area contributed by atoms with E-state index in [4.69, 9.17) is 19.4 Å². The maximum atomic E-state index is 7.00. The Morgan fingerprint density at radius 2 is 0.745 bits per heavy atom. The Hall–Kier alpha value is -7.43. The summed E-state index contributed by atoms with van der Waals surface area (Å²) in [5.41, 5.74) is 9.12. The average Bonchev–Trinajstić information content (AvgIpc) is 3.67. The summed E-state index contributed by atoms with van der Waals surface area (Å²) in [5, 5.41) is 8.70. The summed E-state index contributed by atoms with van der Waals surface area (Å²) in [6.45, 7) is 0. The summed E-state index contributed by atoms with van der Waals surface area (Å²) < 4.78 is 7.00. The van der Waals surface area contributed by atoms with Crippen LogP contribution in [0.25, 0.3) is 111 Å². The minimum Gasteiger partial charge on any atom is -0.455 e. The van der Waals surface area contributed by atoms with Crippen LogP contribution in [0, 0.1) is 0 Å². The molecule has 11 aromatic rings. The van der Waals surface area contributed by atoms with Gasteiger partial charge in [0, 0.05) is 38.2 Å². The van der Waals surface area contributed by atoms with Crippen LogP contribution >= 0.6 is 0 Å². The van der Waals surface area contributed by atoms with Crippen molar-refractivity contribution in [1.82, 2.24) is 15.0 Å². The molecule has 11 rings (SSSR count). The molecule has 0 saturated heterocycles. The smallest absolute Gasteiger partial charge is 0.164 e. The molecule has 4 nitrogen and oxygen atoms in total. The number of furan rings is 1. The molecule has 0 aliphatic carbocycles. The van der Waals surface area contributed by atoms with Crippen LogP contribution in [0.15, 0.2) is 192 Å². The van der Waals surface area contributed by atoms with E-state index in [0.29, 0.717) is 17.5 Å². The highest BCUT2D eigenvalue weighted by Crippen LogP contribution is 2.44. The molecule has 0 bridgehead atoms. The number of fused-ring (bicyclic) bond motifs is 9. The van der Waals surface area contributed by atoms with Gasteiger partial charge < -0.3 is 4.42 Å². The lowest BCUT2D eigenvalue weighted by molar-refractivity contribution is 0.677. The first kappa shape index (κ1) is 31.1. The molecule has 0 fully saturated rings. The minimum atomic E-state index is 0.598. The van der Waals surface area contributed by atoms with Crippen molar-refractivity contribution in [1.29, 1.82) is 0 Å². The molecule has 0 radical (unpaired) electrons. The maximum absolute atomic E-state index is 7.00. The quantitative estimate of drug-likeness (QED) is 0.168. The molecule has 0 amide bonds. The van der Waals surface area contributed by atoms with Crippen LogP contribution in [0.3, 0.4) is 0 Å². The highest BCUT2D eigenvalue weighted by atomic mass is 16.3. The normalized spacial score (nSPS) is 11.6. The van der Waals surface area contributed by atoms with E-state index in [1.807, 2.05) is 36.4 Å². The van der Waals surface area contributed by atoms with Gasteiger partial charge in [-0.1, -0.05) is 176 Å². The fourth-order valence-corrected chi connectivity index (χ4v) is 7.97. The van der Waals surface area contributed by atoms with E-state index in [0.717, 1.165) is 76.7 Å². The summed E-state index contributed by atoms with van der Waals surface area (Å²) in [5.74, 6) is 1.83. The van der Waals surface area contributed by atoms with Gasteiger partial charge in [0.1, 0.15) is 11.2 Å². The number of hydrogen-bond donors (Lipinski definition) is 0. The van der Waals surface area contributed by atoms with Gasteiger partial charge >= 0.3 is 0 Å². The molecule has 0 atom stereocenters. The summed E-state index contributed by atoms with van der Waals surface area (Å²) >= 11 is 0. The van der Waals surface area contributed by atoms with E-state index >= 15 is 0 Å². The third kappa shape index (κ3) is 5.26. The van der Waals surface area contributed by atoms with Crippen LogP contribution in [0.2, 0.25) is 0 Å². The summed E-state index contributed by atoms with van der Waals surface area (Å²) in [6, 6.07) is 65.7. The first-order chi connectivity index (χ1) is 27.2. The highest BCUT2D eigenvalue weighted by Gasteiger charge is 2.22. The SMILES string of the molecule is c1ccc(-c2ccc(-c3ccc(-c4nc(-c5ccccc5)nc(-c5cc6ccc7ccccc7c6c6oc7c8ccccc8ccc7c56)n4)cc3)cc2)cc1. The molecule has 4 heteroatoms. The van der Waals surface area contributed by atoms with Gasteiger partial charge in [-0.15, -0.1) is 0 Å². The molecule has 0 unspecified atom stereocenters. The number of aromatic nitrogens is 3. The first-order valence-electron chi connectivity index (χ1n) is 18.5. The van der Waals surface area contributed by atoms with Crippen LogP contribution in [0.1, 0.15) is 0 Å². The summed E-state index contributed by atoms with van der Waals surface area (Å²) in [4.78, 5) is 15.5. The van der Waals surface area contributed by atoms with Crippen molar-refractivity contribution in [2.45, 2.75) is 0 Å². The molecule has 2 heterocycles. The predicted molar refractivity (Wildman–Crippen MR) is 227 cm³/mol. The van der Waals surface area contributed by atoms with Crippen molar-refractivity contribution in [2.75, 3.05) is 0 Å². The molecule has 9 aromatic carbocycles. The van der Waals surface area contributed by atoms with Crippen molar-refractivity contribution in [3.05, 3.63) is 188 Å². The number of rotatable bonds is 5. The Morgan fingerprint density at radius 1 is 0.291 bits per heavy atom. The number of hydrogen-bond acceptors (Lipinski definition) is 4. The van der Waals surface area contributed by atoms with E-state index in [2.05, 4.69) is 152 Å². The Labute approximate surface area is 317 Å². The molecule has 0 N–H and O–H groups in total. The van der Waals surface area contributed by atoms with Crippen molar-refractivity contribution in [2.24, 2.45) is 0 Å². The molecular weight excluding hydrogens is 671 g/mol. The zero-order valence-electron chi connectivity index (χ0n) is 29.6. The van der Waals surface area contributed by atoms with Crippen molar-refractivity contribution in [3.63, 3.8) is 0 Å². The monoisotopic (exact) mass is 701 g/mol. The van der Waals surface area contributed by atoms with Gasteiger partial charge in [-0.25, -0.2) is 15.0 Å². The highest BCUT2D eigenvalue weighted by molar-refractivity contribution is 6.28. The molecule has 55 heavy (non-hydrogen) atoms. The van der Waals surface area contributed by atoms with Gasteiger partial charge in [-0.2, -0.15) is 0 Å². The van der Waals surface area contributed by atoms with Crippen LogP contribution < -0.4 is 0 Å². The Balaban J connectivity index is 1.12. The topological polar surface area (TPSA) is 51.8 Å². The van der Waals surface area contributed by atoms with Crippen LogP contribution in [-0.4, -0.2) is 15.0 Å². The lowest BCUT2D eigenvalue weighted by Crippen LogP contribution is -2.00. The summed E-state index contributed by atoms with van der Waals surface area (Å²) in [6.07, 6.45) is 0. The molecule has 2 aromatic heterocycles. The fourth-order valence-electron chi connectivity index (χ4n) is 7.97. The third-order valence-electron chi connectivity index (χ3n) is 10.7. The van der Waals surface area contributed by atoms with Gasteiger partial charge in [0.25, 0.3) is 0 Å². The van der Waals surface area contributed by atoms with Gasteiger partial charge in [0.15, 0.2) is 17.5 Å². The Kier molecular flexibility index (Phi) is 7.14. The second-order valence-electron chi connectivity index (χ2n) is 14.0. The Morgan fingerprint density at radius 3 is 1.40 bits per heavy atom. The van der Waals surface area contributed by atoms with E-state index in [-0.39, 0.29) is 0 Å². The molecule has 0 spiro atoms. The van der Waals surface area contributed by atoms with Crippen LogP contribution in [-0.2, 0) is 0 Å². The van der Waals surface area contributed by atoms with Crippen molar-refractivity contribution < 1.29 is 4.42 Å². The zero-order valence-corrected chi connectivity index (χ0v) is 29.6. The van der Waals surface area contributed by atoms with Gasteiger partial charge in [0.05, 0.1) is 0 Å². The van der Waals surface area contributed by atoms with Crippen molar-refractivity contribution in [3.8, 4) is 56.4 Å². The third-order valence-corrected chi connectivity index (χ3v) is 10.7. The molecular formula is C51H31N3O. The predicted octanol–water partition coefficient (Wildman–Crippen LogP) is 13.6. The maximum Gasteiger partial charge on any atom is 0.164 e. The Bertz CT molecular complexity index is 3220. The first-order valence-corrected chi connectivity index (χ1v) is 18.5. The van der Waals surface area contributed by atoms with Gasteiger partial charge in [-0.05, 0) is 55.9 Å². The van der Waals surface area contributed by atoms with Gasteiger partial charge in [-0.3, -0.25) is 0 Å². The molecule has 0 aliphatic rings. The number of benzene rings is 9. The lowest BCUT2D eigenvalue weighted by atomic mass is 9.95. The second kappa shape index (κ2) is 12.6. The summed E-state index contributed by atoms with van der Waals surface area (Å²) in [7, 11) is 0. The van der Waals surface area contributed by atoms with Crippen molar-refractivity contribution >= 4 is 54.3 Å². The molecule has 0 saturated carbocycles. The fraction of sp³-hybridized carbons (Fsp3) is 0.